The number of aromatic nitrogens is 4. The molecule has 0 bridgehead atoms. The fraction of sp³-hybridized carbons (Fsp3) is 0.262. The summed E-state index contributed by atoms with van der Waals surface area (Å²) in [4.78, 5) is 4.79. The monoisotopic (exact) mass is 1130 g/mol. The van der Waals surface area contributed by atoms with E-state index in [0.29, 0.717) is 33.9 Å². The zero-order chi connectivity index (χ0) is 67.6. The van der Waals surface area contributed by atoms with Gasteiger partial charge in [0.15, 0.2) is 0 Å². The Balaban J connectivity index is 0.00000946. The van der Waals surface area contributed by atoms with Crippen molar-refractivity contribution in [3.63, 3.8) is 0 Å². The number of hydrogen-bond acceptors (Lipinski definition) is 2. The molecule has 7 aromatic carbocycles. The number of pyridine rings is 1. The van der Waals surface area contributed by atoms with Crippen LogP contribution in [0.5, 0.6) is 11.5 Å². The van der Waals surface area contributed by atoms with Gasteiger partial charge in [0.25, 0.3) is 6.33 Å². The van der Waals surface area contributed by atoms with Crippen molar-refractivity contribution in [2.24, 2.45) is 0 Å². The number of fused-ring (bicyclic) bond motifs is 5. The van der Waals surface area contributed by atoms with E-state index < -0.39 is 109 Å². The summed E-state index contributed by atoms with van der Waals surface area (Å²) in [5.74, 6) is 1.20. The van der Waals surface area contributed by atoms with Gasteiger partial charge in [-0.1, -0.05) is 177 Å². The van der Waals surface area contributed by atoms with Gasteiger partial charge < -0.3 is 13.9 Å². The summed E-state index contributed by atoms with van der Waals surface area (Å²) in [6.07, 6.45) is -4.05. The third-order valence-corrected chi connectivity index (χ3v) is 12.8. The molecule has 0 spiro atoms. The quantitative estimate of drug-likeness (QED) is 0.118. The summed E-state index contributed by atoms with van der Waals surface area (Å²) in [6, 6.07) is 39.3. The Hall–Kier alpha value is -6.55. The van der Waals surface area contributed by atoms with Crippen LogP contribution in [0.4, 0.5) is 0 Å². The van der Waals surface area contributed by atoms with E-state index in [4.69, 9.17) is 30.3 Å². The Morgan fingerprint density at radius 1 is 0.676 bits per heavy atom. The van der Waals surface area contributed by atoms with Crippen LogP contribution in [0.15, 0.2) is 152 Å². The van der Waals surface area contributed by atoms with Gasteiger partial charge >= 0.3 is 0 Å². The molecule has 1 aliphatic rings. The first-order chi connectivity index (χ1) is 42.4. The number of hydrogen-bond donors (Lipinski definition) is 0. The fourth-order valence-corrected chi connectivity index (χ4v) is 9.18. The second-order valence-corrected chi connectivity index (χ2v) is 19.9. The number of rotatable bonds is 7. The molecule has 0 saturated heterocycles. The summed E-state index contributed by atoms with van der Waals surface area (Å²) in [7, 11) is 0. The van der Waals surface area contributed by atoms with Crippen molar-refractivity contribution in [1.82, 2.24) is 14.1 Å². The van der Waals surface area contributed by atoms with Gasteiger partial charge in [-0.25, -0.2) is 4.98 Å². The first-order valence-corrected chi connectivity index (χ1v) is 22.9. The van der Waals surface area contributed by atoms with Gasteiger partial charge in [0.2, 0.25) is 0 Å². The van der Waals surface area contributed by atoms with Crippen LogP contribution in [0.25, 0.3) is 72.3 Å². The maximum Gasteiger partial charge on any atom is 0.268 e. The molecule has 3 heterocycles. The van der Waals surface area contributed by atoms with E-state index in [1.165, 1.54) is 10.6 Å². The average Bonchev–Trinajstić information content (AvgIpc) is 1.11. The van der Waals surface area contributed by atoms with Crippen LogP contribution in [0, 0.1) is 25.3 Å². The Bertz CT molecular complexity index is 4610. The molecular weight excluding hydrogens is 1050 g/mol. The Morgan fingerprint density at radius 3 is 2.13 bits per heavy atom. The van der Waals surface area contributed by atoms with Crippen LogP contribution in [0.2, 0.25) is 0 Å². The molecule has 1 aliphatic carbocycles. The predicted molar refractivity (Wildman–Crippen MR) is 288 cm³/mol. The molecule has 0 saturated carbocycles. The second kappa shape index (κ2) is 17.6. The summed E-state index contributed by atoms with van der Waals surface area (Å²) >= 11 is 0. The Kier molecular flexibility index (Phi) is 7.07. The van der Waals surface area contributed by atoms with Crippen molar-refractivity contribution >= 4 is 32.8 Å². The Labute approximate surface area is 465 Å². The number of para-hydroxylation sites is 3. The van der Waals surface area contributed by atoms with E-state index in [1.54, 1.807) is 77.5 Å². The molecule has 6 heteroatoms. The van der Waals surface area contributed by atoms with E-state index in [1.807, 2.05) is 73.9 Å². The van der Waals surface area contributed by atoms with Crippen molar-refractivity contribution in [1.29, 1.82) is 0 Å². The topological polar surface area (TPSA) is 35.9 Å². The van der Waals surface area contributed by atoms with E-state index in [-0.39, 0.29) is 49.0 Å². The van der Waals surface area contributed by atoms with Crippen molar-refractivity contribution in [3.05, 3.63) is 198 Å². The molecule has 0 aliphatic heterocycles. The molecule has 0 amide bonds. The normalized spacial score (nSPS) is 21.3. The molecule has 10 aromatic rings. The standard InChI is InChI=1S/C65H62N4O.Pt/c1-42-34-52(43-18-16-19-45(36-43)62(2,3)4)61(53(35-42)44-26-29-54-55(37-44)65(10,11)32-31-64(54,8)9)68-41-67(57-24-14-15-25-58(57)68)47-20-17-21-48(39-47)70-49-27-28-51-50-22-12-13-23-56(50)69(59(51)40-49)60-38-46(30-33-66-60)63(5,6)7;/h12-30,33-38H,31-32H2,1-11H3;/q-2;/i1D3,8D3,9D3,10D3,11D3,26D,29D,31D2,32D2,37D;. The molecule has 11 rings (SSSR count). The number of nitrogens with zero attached hydrogens (tertiary/aromatic N) is 4. The van der Waals surface area contributed by atoms with Gasteiger partial charge in [-0.2, -0.15) is 18.2 Å². The zero-order valence-electron chi connectivity index (χ0n) is 61.7. The van der Waals surface area contributed by atoms with Gasteiger partial charge in [0.1, 0.15) is 5.82 Å². The second-order valence-electron chi connectivity index (χ2n) is 19.9. The van der Waals surface area contributed by atoms with Crippen molar-refractivity contribution in [3.8, 4) is 50.9 Å². The predicted octanol–water partition coefficient (Wildman–Crippen LogP) is 16.2. The molecule has 0 fully saturated rings. The summed E-state index contributed by atoms with van der Waals surface area (Å²) in [5.41, 5.74) is -10.2. The van der Waals surface area contributed by atoms with E-state index in [9.17, 15) is 9.60 Å². The maximum absolute atomic E-state index is 10.3. The van der Waals surface area contributed by atoms with Crippen molar-refractivity contribution < 1.29 is 60.5 Å². The molecule has 0 atom stereocenters. The van der Waals surface area contributed by atoms with E-state index in [0.717, 1.165) is 33.5 Å². The summed E-state index contributed by atoms with van der Waals surface area (Å²) in [6.45, 7) is -8.17. The van der Waals surface area contributed by atoms with Gasteiger partial charge in [-0.15, -0.1) is 29.7 Å². The van der Waals surface area contributed by atoms with Gasteiger partial charge in [0, 0.05) is 70.3 Å². The minimum Gasteiger partial charge on any atom is -0.510 e. The van der Waals surface area contributed by atoms with Gasteiger partial charge in [-0.3, -0.25) is 4.57 Å². The van der Waals surface area contributed by atoms with Crippen LogP contribution < -0.4 is 9.30 Å². The van der Waals surface area contributed by atoms with E-state index >= 15 is 0 Å². The molecule has 5 nitrogen and oxygen atoms in total. The fourth-order valence-electron chi connectivity index (χ4n) is 9.18. The van der Waals surface area contributed by atoms with Crippen LogP contribution >= 0.6 is 0 Å². The molecule has 0 unspecified atom stereocenters. The SMILES string of the molecule is [2H]c1c([2H])c2c(c([2H])c1-c1cc(C([2H])([2H])[2H])cc(-c3cccc(C(C)(C)C)c3)c1-[n+]1[c-]n(-c3[c-]c(Oc4[c-]c5c(cc4)c4ccccc4n5-c4cc(C(C)(C)C)ccn4)ccc3)c3ccccc31)C(C([2H])([2H])[2H])(C([2H])([2H])[2H])C([2H])([2H])C([2H])([2H])C2(C([2H])([2H])[2H])C([2H])([2H])[2H].[Pt]. The number of benzene rings is 7. The minimum absolute atomic E-state index is 0. The van der Waals surface area contributed by atoms with Crippen molar-refractivity contribution in [2.75, 3.05) is 0 Å². The average molecular weight is 1130 g/mol. The van der Waals surface area contributed by atoms with Gasteiger partial charge in [0.05, 0.1) is 20.8 Å². The van der Waals surface area contributed by atoms with Crippen LogP contribution in [0.1, 0.15) is 140 Å². The first-order valence-electron chi connectivity index (χ1n) is 33.9. The molecule has 3 aromatic heterocycles. The third kappa shape index (κ3) is 8.65. The first kappa shape index (κ1) is 28.5. The Morgan fingerprint density at radius 2 is 1.37 bits per heavy atom. The number of aryl methyl sites for hydroxylation is 1. The molecular formula is C65H62N4OPt-2. The molecule has 0 radical (unpaired) electrons. The minimum atomic E-state index is -4.61. The van der Waals surface area contributed by atoms with Crippen LogP contribution in [0.3, 0.4) is 0 Å². The number of ether oxygens (including phenoxy) is 1. The van der Waals surface area contributed by atoms with Crippen LogP contribution in [-0.2, 0) is 42.7 Å². The molecule has 71 heavy (non-hydrogen) atoms. The van der Waals surface area contributed by atoms with Crippen LogP contribution in [-0.4, -0.2) is 14.1 Å². The smallest absolute Gasteiger partial charge is 0.268 e. The van der Waals surface area contributed by atoms with Crippen molar-refractivity contribution in [2.45, 2.75) is 110 Å². The third-order valence-electron chi connectivity index (χ3n) is 12.8. The molecule has 360 valence electrons. The summed E-state index contributed by atoms with van der Waals surface area (Å²) in [5, 5.41) is 1.86. The zero-order valence-corrected chi connectivity index (χ0v) is 42.0. The van der Waals surface area contributed by atoms with E-state index in [2.05, 4.69) is 39.2 Å². The maximum atomic E-state index is 10.3. The summed E-state index contributed by atoms with van der Waals surface area (Å²) < 4.78 is 213. The molecule has 0 N–H and O–H groups in total. The van der Waals surface area contributed by atoms with Gasteiger partial charge in [-0.05, 0) is 115 Å². The number of imidazole rings is 1. The largest absolute Gasteiger partial charge is 0.510 e.